The van der Waals surface area contributed by atoms with Gasteiger partial charge in [0.15, 0.2) is 5.78 Å². The fraction of sp³-hybridized carbons (Fsp3) is 0.600. The molecule has 0 aliphatic heterocycles. The molecule has 0 aromatic carbocycles. The first-order chi connectivity index (χ1) is 8.24. The summed E-state index contributed by atoms with van der Waals surface area (Å²) >= 11 is 0. The minimum Gasteiger partial charge on any atom is -0.294 e. The van der Waals surface area contributed by atoms with Gasteiger partial charge in [-0.25, -0.2) is 0 Å². The number of carbonyl (C=O) groups excluding carboxylic acids is 1. The minimum absolute atomic E-state index is 0.230. The zero-order chi connectivity index (χ0) is 12.5. The summed E-state index contributed by atoms with van der Waals surface area (Å²) in [5, 5.41) is 0. The number of carbonyl (C=O) groups is 1. The Morgan fingerprint density at radius 2 is 1.82 bits per heavy atom. The lowest BCUT2D eigenvalue weighted by Gasteiger charge is -2.01. The van der Waals surface area contributed by atoms with Crippen LogP contribution in [0.2, 0.25) is 0 Å². The van der Waals surface area contributed by atoms with Crippen LogP contribution in [0.1, 0.15) is 67.9 Å². The number of hydrogen-bond acceptors (Lipinski definition) is 2. The van der Waals surface area contributed by atoms with Gasteiger partial charge in [-0.15, -0.1) is 0 Å². The molecule has 1 aromatic rings. The molecule has 0 bridgehead atoms. The SMILES string of the molecule is CCCCCCCCC(=O)c1ccc(C)nc1. The van der Waals surface area contributed by atoms with Crippen molar-refractivity contribution < 1.29 is 4.79 Å². The van der Waals surface area contributed by atoms with Gasteiger partial charge in [0.1, 0.15) is 0 Å². The Morgan fingerprint density at radius 1 is 1.12 bits per heavy atom. The van der Waals surface area contributed by atoms with Gasteiger partial charge >= 0.3 is 0 Å². The first kappa shape index (κ1) is 13.9. The molecule has 0 atom stereocenters. The molecule has 0 radical (unpaired) electrons. The Labute approximate surface area is 104 Å². The second kappa shape index (κ2) is 7.99. The lowest BCUT2D eigenvalue weighted by molar-refractivity contribution is 0.0978. The number of nitrogens with zero attached hydrogens (tertiary/aromatic N) is 1. The summed E-state index contributed by atoms with van der Waals surface area (Å²) in [7, 11) is 0. The van der Waals surface area contributed by atoms with Gasteiger partial charge in [0.2, 0.25) is 0 Å². The molecule has 0 aliphatic carbocycles. The molecule has 0 amide bonds. The fourth-order valence-electron chi connectivity index (χ4n) is 1.84. The van der Waals surface area contributed by atoms with Crippen LogP contribution in [0.15, 0.2) is 18.3 Å². The van der Waals surface area contributed by atoms with Crippen molar-refractivity contribution in [2.75, 3.05) is 0 Å². The molecule has 1 rings (SSSR count). The van der Waals surface area contributed by atoms with E-state index < -0.39 is 0 Å². The summed E-state index contributed by atoms with van der Waals surface area (Å²) < 4.78 is 0. The average molecular weight is 233 g/mol. The van der Waals surface area contributed by atoms with Crippen LogP contribution < -0.4 is 0 Å². The van der Waals surface area contributed by atoms with Gasteiger partial charge in [-0.05, 0) is 25.5 Å². The quantitative estimate of drug-likeness (QED) is 0.494. The first-order valence-electron chi connectivity index (χ1n) is 6.70. The summed E-state index contributed by atoms with van der Waals surface area (Å²) in [6.45, 7) is 4.15. The Balaban J connectivity index is 2.19. The number of hydrogen-bond donors (Lipinski definition) is 0. The normalized spacial score (nSPS) is 10.5. The van der Waals surface area contributed by atoms with E-state index in [9.17, 15) is 4.79 Å². The van der Waals surface area contributed by atoms with Crippen LogP contribution in [-0.2, 0) is 0 Å². The molecule has 0 saturated carbocycles. The number of Topliss-reactive ketones (excluding diaryl/α,β-unsaturated/α-hetero) is 1. The predicted octanol–water partition coefficient (Wildman–Crippen LogP) is 4.32. The van der Waals surface area contributed by atoms with Gasteiger partial charge in [0, 0.05) is 23.9 Å². The third-order valence-corrected chi connectivity index (χ3v) is 2.99. The van der Waals surface area contributed by atoms with E-state index in [0.717, 1.165) is 17.7 Å². The highest BCUT2D eigenvalue weighted by atomic mass is 16.1. The van der Waals surface area contributed by atoms with Crippen LogP contribution >= 0.6 is 0 Å². The lowest BCUT2D eigenvalue weighted by atomic mass is 10.0. The van der Waals surface area contributed by atoms with Crippen molar-refractivity contribution in [1.82, 2.24) is 4.98 Å². The maximum Gasteiger partial charge on any atom is 0.164 e. The molecule has 2 nitrogen and oxygen atoms in total. The maximum atomic E-state index is 11.8. The van der Waals surface area contributed by atoms with Gasteiger partial charge in [-0.2, -0.15) is 0 Å². The van der Waals surface area contributed by atoms with Gasteiger partial charge in [-0.3, -0.25) is 9.78 Å². The summed E-state index contributed by atoms with van der Waals surface area (Å²) in [5.74, 6) is 0.230. The number of aromatic nitrogens is 1. The number of aryl methyl sites for hydroxylation is 1. The molecule has 2 heteroatoms. The van der Waals surface area contributed by atoms with E-state index >= 15 is 0 Å². The Kier molecular flexibility index (Phi) is 6.53. The molecule has 1 heterocycles. The number of unbranched alkanes of at least 4 members (excludes halogenated alkanes) is 5. The van der Waals surface area contributed by atoms with Crippen LogP contribution in [0.4, 0.5) is 0 Å². The Hall–Kier alpha value is -1.18. The molecule has 0 unspecified atom stereocenters. The molecule has 0 aliphatic rings. The van der Waals surface area contributed by atoms with Crippen molar-refractivity contribution >= 4 is 5.78 Å². The largest absolute Gasteiger partial charge is 0.294 e. The van der Waals surface area contributed by atoms with Crippen LogP contribution in [0, 0.1) is 6.92 Å². The molecular weight excluding hydrogens is 210 g/mol. The van der Waals surface area contributed by atoms with Crippen LogP contribution in [0.25, 0.3) is 0 Å². The summed E-state index contributed by atoms with van der Waals surface area (Å²) in [5.41, 5.74) is 1.71. The maximum absolute atomic E-state index is 11.8. The molecule has 1 aromatic heterocycles. The van der Waals surface area contributed by atoms with Gasteiger partial charge in [-0.1, -0.05) is 39.0 Å². The van der Waals surface area contributed by atoms with Crippen molar-refractivity contribution in [2.24, 2.45) is 0 Å². The molecule has 0 spiro atoms. The number of rotatable bonds is 8. The zero-order valence-electron chi connectivity index (χ0n) is 11.0. The monoisotopic (exact) mass is 233 g/mol. The molecular formula is C15H23NO. The smallest absolute Gasteiger partial charge is 0.164 e. The Morgan fingerprint density at radius 3 is 2.47 bits per heavy atom. The Bertz CT molecular complexity index is 329. The molecule has 17 heavy (non-hydrogen) atoms. The second-order valence-corrected chi connectivity index (χ2v) is 4.63. The lowest BCUT2D eigenvalue weighted by Crippen LogP contribution is -2.00. The summed E-state index contributed by atoms with van der Waals surface area (Å²) in [4.78, 5) is 16.0. The number of ketones is 1. The van der Waals surface area contributed by atoms with Crippen LogP contribution in [0.5, 0.6) is 0 Å². The van der Waals surface area contributed by atoms with Crippen molar-refractivity contribution in [3.05, 3.63) is 29.6 Å². The van der Waals surface area contributed by atoms with Gasteiger partial charge in [0.25, 0.3) is 0 Å². The summed E-state index contributed by atoms with van der Waals surface area (Å²) in [6, 6.07) is 3.77. The van der Waals surface area contributed by atoms with Crippen molar-refractivity contribution in [1.29, 1.82) is 0 Å². The molecule has 0 saturated heterocycles. The fourth-order valence-corrected chi connectivity index (χ4v) is 1.84. The third kappa shape index (κ3) is 5.62. The topological polar surface area (TPSA) is 30.0 Å². The second-order valence-electron chi connectivity index (χ2n) is 4.63. The van der Waals surface area contributed by atoms with E-state index in [1.807, 2.05) is 19.1 Å². The molecule has 0 N–H and O–H groups in total. The standard InChI is InChI=1S/C15H23NO/c1-3-4-5-6-7-8-9-15(17)14-11-10-13(2)16-12-14/h10-12H,3-9H2,1-2H3. The zero-order valence-corrected chi connectivity index (χ0v) is 11.0. The van der Waals surface area contributed by atoms with E-state index in [0.29, 0.717) is 6.42 Å². The van der Waals surface area contributed by atoms with Crippen molar-refractivity contribution in [2.45, 2.75) is 58.8 Å². The van der Waals surface area contributed by atoms with Gasteiger partial charge < -0.3 is 0 Å². The highest BCUT2D eigenvalue weighted by Gasteiger charge is 2.05. The van der Waals surface area contributed by atoms with Crippen LogP contribution in [-0.4, -0.2) is 10.8 Å². The van der Waals surface area contributed by atoms with Crippen LogP contribution in [0.3, 0.4) is 0 Å². The van der Waals surface area contributed by atoms with E-state index in [-0.39, 0.29) is 5.78 Å². The average Bonchev–Trinajstić information content (AvgIpc) is 2.34. The van der Waals surface area contributed by atoms with Crippen molar-refractivity contribution in [3.63, 3.8) is 0 Å². The van der Waals surface area contributed by atoms with Crippen molar-refractivity contribution in [3.8, 4) is 0 Å². The molecule has 94 valence electrons. The van der Waals surface area contributed by atoms with E-state index in [4.69, 9.17) is 0 Å². The highest BCUT2D eigenvalue weighted by molar-refractivity contribution is 5.95. The van der Waals surface area contributed by atoms with E-state index in [2.05, 4.69) is 11.9 Å². The minimum atomic E-state index is 0.230. The first-order valence-corrected chi connectivity index (χ1v) is 6.70. The highest BCUT2D eigenvalue weighted by Crippen LogP contribution is 2.10. The van der Waals surface area contributed by atoms with E-state index in [1.165, 1.54) is 32.1 Å². The number of pyridine rings is 1. The summed E-state index contributed by atoms with van der Waals surface area (Å²) in [6.07, 6.45) is 9.68. The predicted molar refractivity (Wildman–Crippen MR) is 71.3 cm³/mol. The van der Waals surface area contributed by atoms with Gasteiger partial charge in [0.05, 0.1) is 0 Å². The molecule has 0 fully saturated rings. The van der Waals surface area contributed by atoms with E-state index in [1.54, 1.807) is 6.20 Å². The third-order valence-electron chi connectivity index (χ3n) is 2.99.